The van der Waals surface area contributed by atoms with E-state index in [1.165, 1.54) is 7.11 Å². The summed E-state index contributed by atoms with van der Waals surface area (Å²) in [6.45, 7) is 2.60. The summed E-state index contributed by atoms with van der Waals surface area (Å²) in [5, 5.41) is 3.21. The highest BCUT2D eigenvalue weighted by molar-refractivity contribution is 5.69. The van der Waals surface area contributed by atoms with Gasteiger partial charge in [0.2, 0.25) is 0 Å². The minimum absolute atomic E-state index is 0.0918. The average Bonchev–Trinajstić information content (AvgIpc) is 2.61. The standard InChI is InChI=1S/C10H17N3O2/c1-8(6-10(14)15-3)12-7-9-11-4-5-13(9)2/h4-5,8,12H,6-7H2,1-3H3. The van der Waals surface area contributed by atoms with Crippen LogP contribution in [-0.4, -0.2) is 28.7 Å². The molecule has 0 spiro atoms. The van der Waals surface area contributed by atoms with E-state index in [-0.39, 0.29) is 12.0 Å². The summed E-state index contributed by atoms with van der Waals surface area (Å²) in [5.74, 6) is 0.751. The molecule has 0 saturated heterocycles. The first-order valence-electron chi connectivity index (χ1n) is 4.90. The number of nitrogens with one attached hydrogen (secondary N) is 1. The van der Waals surface area contributed by atoms with Crippen molar-refractivity contribution >= 4 is 5.97 Å². The lowest BCUT2D eigenvalue weighted by molar-refractivity contribution is -0.141. The number of esters is 1. The van der Waals surface area contributed by atoms with Crippen LogP contribution in [0.1, 0.15) is 19.2 Å². The Morgan fingerprint density at radius 1 is 1.73 bits per heavy atom. The Kier molecular flexibility index (Phi) is 4.30. The van der Waals surface area contributed by atoms with Gasteiger partial charge in [0.15, 0.2) is 0 Å². The molecule has 15 heavy (non-hydrogen) atoms. The van der Waals surface area contributed by atoms with Gasteiger partial charge in [0.25, 0.3) is 0 Å². The molecular formula is C10H17N3O2. The van der Waals surface area contributed by atoms with E-state index in [2.05, 4.69) is 15.0 Å². The van der Waals surface area contributed by atoms with Crippen LogP contribution in [0.5, 0.6) is 0 Å². The molecule has 0 aliphatic carbocycles. The Balaban J connectivity index is 2.31. The number of nitrogens with zero attached hydrogens (tertiary/aromatic N) is 2. The van der Waals surface area contributed by atoms with Crippen molar-refractivity contribution in [1.29, 1.82) is 0 Å². The predicted octanol–water partition coefficient (Wildman–Crippen LogP) is 0.461. The highest BCUT2D eigenvalue weighted by atomic mass is 16.5. The van der Waals surface area contributed by atoms with E-state index in [1.54, 1.807) is 6.20 Å². The summed E-state index contributed by atoms with van der Waals surface area (Å²) in [5.41, 5.74) is 0. The summed E-state index contributed by atoms with van der Waals surface area (Å²) >= 11 is 0. The smallest absolute Gasteiger partial charge is 0.307 e. The van der Waals surface area contributed by atoms with Gasteiger partial charge in [-0.1, -0.05) is 0 Å². The Labute approximate surface area is 89.4 Å². The molecule has 1 rings (SSSR count). The fraction of sp³-hybridized carbons (Fsp3) is 0.600. The molecule has 1 atom stereocenters. The number of aromatic nitrogens is 2. The zero-order valence-electron chi connectivity index (χ0n) is 9.36. The topological polar surface area (TPSA) is 56.1 Å². The fourth-order valence-corrected chi connectivity index (χ4v) is 1.24. The normalized spacial score (nSPS) is 12.5. The third-order valence-electron chi connectivity index (χ3n) is 2.23. The van der Waals surface area contributed by atoms with Crippen LogP contribution in [0.15, 0.2) is 12.4 Å². The van der Waals surface area contributed by atoms with Gasteiger partial charge in [-0.05, 0) is 6.92 Å². The number of hydrogen-bond acceptors (Lipinski definition) is 4. The molecule has 1 N–H and O–H groups in total. The van der Waals surface area contributed by atoms with E-state index in [0.717, 1.165) is 5.82 Å². The number of ether oxygens (including phenoxy) is 1. The fourth-order valence-electron chi connectivity index (χ4n) is 1.24. The molecule has 0 saturated carbocycles. The second-order valence-electron chi connectivity index (χ2n) is 3.52. The largest absolute Gasteiger partial charge is 0.469 e. The van der Waals surface area contributed by atoms with Crippen molar-refractivity contribution in [1.82, 2.24) is 14.9 Å². The molecule has 5 nitrogen and oxygen atoms in total. The third-order valence-corrected chi connectivity index (χ3v) is 2.23. The highest BCUT2D eigenvalue weighted by Gasteiger charge is 2.09. The molecule has 84 valence electrons. The number of aryl methyl sites for hydroxylation is 1. The van der Waals surface area contributed by atoms with E-state index in [4.69, 9.17) is 0 Å². The Morgan fingerprint density at radius 3 is 3.00 bits per heavy atom. The van der Waals surface area contributed by atoms with Gasteiger partial charge in [0.05, 0.1) is 20.1 Å². The maximum Gasteiger partial charge on any atom is 0.307 e. The van der Waals surface area contributed by atoms with E-state index in [9.17, 15) is 4.79 Å². The molecule has 1 aromatic heterocycles. The van der Waals surface area contributed by atoms with Gasteiger partial charge in [-0.2, -0.15) is 0 Å². The number of carbonyl (C=O) groups excluding carboxylic acids is 1. The maximum absolute atomic E-state index is 11.0. The van der Waals surface area contributed by atoms with Gasteiger partial charge < -0.3 is 14.6 Å². The first-order valence-corrected chi connectivity index (χ1v) is 4.90. The SMILES string of the molecule is COC(=O)CC(C)NCc1nccn1C. The van der Waals surface area contributed by atoms with Crippen molar-refractivity contribution < 1.29 is 9.53 Å². The van der Waals surface area contributed by atoms with Crippen LogP contribution in [0.2, 0.25) is 0 Å². The number of imidazole rings is 1. The minimum atomic E-state index is -0.199. The number of hydrogen-bond donors (Lipinski definition) is 1. The zero-order valence-corrected chi connectivity index (χ0v) is 9.36. The Morgan fingerprint density at radius 2 is 2.47 bits per heavy atom. The van der Waals surface area contributed by atoms with Crippen LogP contribution in [-0.2, 0) is 23.1 Å². The average molecular weight is 211 g/mol. The van der Waals surface area contributed by atoms with Crippen LogP contribution in [0.25, 0.3) is 0 Å². The summed E-state index contributed by atoms with van der Waals surface area (Å²) in [6.07, 6.45) is 4.02. The van der Waals surface area contributed by atoms with E-state index >= 15 is 0 Å². The summed E-state index contributed by atoms with van der Waals surface area (Å²) in [6, 6.07) is 0.0918. The number of carbonyl (C=O) groups is 1. The molecule has 0 aliphatic heterocycles. The van der Waals surface area contributed by atoms with Crippen molar-refractivity contribution in [2.75, 3.05) is 7.11 Å². The van der Waals surface area contributed by atoms with Crippen molar-refractivity contribution in [2.45, 2.75) is 25.9 Å². The second-order valence-corrected chi connectivity index (χ2v) is 3.52. The third kappa shape index (κ3) is 3.71. The van der Waals surface area contributed by atoms with Gasteiger partial charge in [0.1, 0.15) is 5.82 Å². The minimum Gasteiger partial charge on any atom is -0.469 e. The zero-order chi connectivity index (χ0) is 11.3. The first kappa shape index (κ1) is 11.7. The summed E-state index contributed by atoms with van der Waals surface area (Å²) in [7, 11) is 3.34. The predicted molar refractivity (Wildman–Crippen MR) is 56.1 cm³/mol. The summed E-state index contributed by atoms with van der Waals surface area (Å²) < 4.78 is 6.52. The van der Waals surface area contributed by atoms with Gasteiger partial charge >= 0.3 is 5.97 Å². The molecule has 1 unspecified atom stereocenters. The van der Waals surface area contributed by atoms with Gasteiger partial charge in [-0.25, -0.2) is 4.98 Å². The first-order chi connectivity index (χ1) is 7.13. The van der Waals surface area contributed by atoms with Gasteiger partial charge in [0, 0.05) is 25.5 Å². The lowest BCUT2D eigenvalue weighted by Gasteiger charge is -2.11. The van der Waals surface area contributed by atoms with Crippen molar-refractivity contribution in [2.24, 2.45) is 7.05 Å². The number of rotatable bonds is 5. The highest BCUT2D eigenvalue weighted by Crippen LogP contribution is 1.97. The van der Waals surface area contributed by atoms with Gasteiger partial charge in [-0.3, -0.25) is 4.79 Å². The monoisotopic (exact) mass is 211 g/mol. The van der Waals surface area contributed by atoms with E-state index < -0.39 is 0 Å². The van der Waals surface area contributed by atoms with Crippen LogP contribution >= 0.6 is 0 Å². The van der Waals surface area contributed by atoms with Crippen molar-refractivity contribution in [3.63, 3.8) is 0 Å². The summed E-state index contributed by atoms with van der Waals surface area (Å²) in [4.78, 5) is 15.1. The van der Waals surface area contributed by atoms with E-state index in [0.29, 0.717) is 13.0 Å². The van der Waals surface area contributed by atoms with Crippen molar-refractivity contribution in [3.05, 3.63) is 18.2 Å². The molecule has 5 heteroatoms. The van der Waals surface area contributed by atoms with Crippen LogP contribution in [0, 0.1) is 0 Å². The number of methoxy groups -OCH3 is 1. The second kappa shape index (κ2) is 5.50. The van der Waals surface area contributed by atoms with Crippen LogP contribution < -0.4 is 5.32 Å². The molecular weight excluding hydrogens is 194 g/mol. The molecule has 1 aromatic rings. The molecule has 1 heterocycles. The molecule has 0 aliphatic rings. The lowest BCUT2D eigenvalue weighted by atomic mass is 10.2. The van der Waals surface area contributed by atoms with E-state index in [1.807, 2.05) is 24.7 Å². The Bertz CT molecular complexity index is 322. The molecule has 0 fully saturated rings. The quantitative estimate of drug-likeness (QED) is 0.719. The molecule has 0 bridgehead atoms. The van der Waals surface area contributed by atoms with Crippen LogP contribution in [0.3, 0.4) is 0 Å². The van der Waals surface area contributed by atoms with Gasteiger partial charge in [-0.15, -0.1) is 0 Å². The Hall–Kier alpha value is -1.36. The molecule has 0 amide bonds. The maximum atomic E-state index is 11.0. The van der Waals surface area contributed by atoms with Crippen molar-refractivity contribution in [3.8, 4) is 0 Å². The molecule has 0 aromatic carbocycles. The lowest BCUT2D eigenvalue weighted by Crippen LogP contribution is -2.29. The van der Waals surface area contributed by atoms with Crippen LogP contribution in [0.4, 0.5) is 0 Å². The molecule has 0 radical (unpaired) electrons.